The van der Waals surface area contributed by atoms with Gasteiger partial charge in [0.15, 0.2) is 0 Å². The number of morpholine rings is 1. The summed E-state index contributed by atoms with van der Waals surface area (Å²) in [7, 11) is 0. The summed E-state index contributed by atoms with van der Waals surface area (Å²) in [5.41, 5.74) is 9.34. The van der Waals surface area contributed by atoms with Gasteiger partial charge in [-0.1, -0.05) is 30.3 Å². The topological polar surface area (TPSA) is 134 Å². The number of aromatic nitrogens is 2. The van der Waals surface area contributed by atoms with Crippen LogP contribution < -0.4 is 20.9 Å². The van der Waals surface area contributed by atoms with E-state index in [-0.39, 0.29) is 6.61 Å². The predicted octanol–water partition coefficient (Wildman–Crippen LogP) is 2.65. The Bertz CT molecular complexity index is 991. The number of anilines is 3. The molecule has 0 bridgehead atoms. The van der Waals surface area contributed by atoms with Crippen molar-refractivity contribution in [3.05, 3.63) is 53.9 Å². The zero-order valence-corrected chi connectivity index (χ0v) is 21.4. The van der Waals surface area contributed by atoms with Crippen molar-refractivity contribution in [2.75, 3.05) is 74.6 Å². The van der Waals surface area contributed by atoms with Crippen LogP contribution in [0, 0.1) is 5.53 Å². The standard InChI is InChI=1S/C26H39N9O2/c27-33-23(18-28-9-4-14-36)19-29-26-31-24(17-25(32-26)35-12-15-37-16-13-35)30-22-7-10-34(11-8-22)20-21-5-2-1-3-6-21/h1-3,5-6,17-18,22,27-28,36H,4,7-16,19-20H2,(H2,29,30,31,32)/b23-18-,33-27?. The average Bonchev–Trinajstić information content (AvgIpc) is 2.95. The van der Waals surface area contributed by atoms with Gasteiger partial charge < -0.3 is 30.7 Å². The van der Waals surface area contributed by atoms with Crippen molar-refractivity contribution in [1.82, 2.24) is 20.2 Å². The van der Waals surface area contributed by atoms with Crippen molar-refractivity contribution in [2.45, 2.75) is 31.8 Å². The summed E-state index contributed by atoms with van der Waals surface area (Å²) in [5.74, 6) is 2.16. The minimum Gasteiger partial charge on any atom is -0.396 e. The van der Waals surface area contributed by atoms with Gasteiger partial charge in [-0.15, -0.1) is 0 Å². The van der Waals surface area contributed by atoms with Crippen LogP contribution in [0.1, 0.15) is 24.8 Å². The first-order valence-corrected chi connectivity index (χ1v) is 13.1. The number of likely N-dealkylation sites (tertiary alicyclic amines) is 1. The zero-order valence-electron chi connectivity index (χ0n) is 21.4. The maximum Gasteiger partial charge on any atom is 0.226 e. The van der Waals surface area contributed by atoms with E-state index < -0.39 is 0 Å². The summed E-state index contributed by atoms with van der Waals surface area (Å²) in [6.07, 6.45) is 4.43. The van der Waals surface area contributed by atoms with Crippen molar-refractivity contribution in [3.8, 4) is 0 Å². The minimum atomic E-state index is 0.121. The molecule has 2 saturated heterocycles. The van der Waals surface area contributed by atoms with E-state index in [2.05, 4.69) is 61.2 Å². The highest BCUT2D eigenvalue weighted by Crippen LogP contribution is 2.23. The van der Waals surface area contributed by atoms with Gasteiger partial charge in [0.05, 0.1) is 25.5 Å². The lowest BCUT2D eigenvalue weighted by molar-refractivity contribution is 0.122. The number of aliphatic hydroxyl groups is 1. The van der Waals surface area contributed by atoms with Crippen LogP contribution in [0.25, 0.3) is 0 Å². The fourth-order valence-corrected chi connectivity index (χ4v) is 4.49. The van der Waals surface area contributed by atoms with Gasteiger partial charge in [-0.25, -0.2) is 5.53 Å². The summed E-state index contributed by atoms with van der Waals surface area (Å²) in [6.45, 7) is 7.07. The fourth-order valence-electron chi connectivity index (χ4n) is 4.49. The van der Waals surface area contributed by atoms with E-state index in [1.807, 2.05) is 6.07 Å². The van der Waals surface area contributed by atoms with Crippen LogP contribution in [0.4, 0.5) is 17.6 Å². The first-order chi connectivity index (χ1) is 18.2. The van der Waals surface area contributed by atoms with E-state index in [9.17, 15) is 0 Å². The molecule has 0 radical (unpaired) electrons. The number of piperidine rings is 1. The van der Waals surface area contributed by atoms with Crippen molar-refractivity contribution >= 4 is 17.6 Å². The van der Waals surface area contributed by atoms with Crippen LogP contribution in [0.2, 0.25) is 0 Å². The molecule has 2 aliphatic rings. The number of hydrogen-bond donors (Lipinski definition) is 5. The van der Waals surface area contributed by atoms with Gasteiger partial charge in [-0.05, 0) is 24.8 Å². The molecule has 4 rings (SSSR count). The zero-order chi connectivity index (χ0) is 25.7. The number of rotatable bonds is 13. The Morgan fingerprint density at radius 2 is 1.92 bits per heavy atom. The maximum absolute atomic E-state index is 8.92. The van der Waals surface area contributed by atoms with Crippen molar-refractivity contribution < 1.29 is 9.84 Å². The fraction of sp³-hybridized carbons (Fsp3) is 0.538. The number of nitrogens with zero attached hydrogens (tertiary/aromatic N) is 5. The normalized spacial score (nSPS) is 17.4. The van der Waals surface area contributed by atoms with Crippen molar-refractivity contribution in [3.63, 3.8) is 0 Å². The number of hydrogen-bond acceptors (Lipinski definition) is 11. The molecule has 1 aromatic heterocycles. The molecule has 11 nitrogen and oxygen atoms in total. The number of ether oxygens (including phenoxy) is 1. The molecule has 0 unspecified atom stereocenters. The van der Waals surface area contributed by atoms with Gasteiger partial charge in [-0.2, -0.15) is 15.1 Å². The molecule has 1 aromatic carbocycles. The highest BCUT2D eigenvalue weighted by Gasteiger charge is 2.21. The summed E-state index contributed by atoms with van der Waals surface area (Å²) < 4.78 is 5.52. The molecule has 0 spiro atoms. The second-order valence-electron chi connectivity index (χ2n) is 9.35. The lowest BCUT2D eigenvalue weighted by Crippen LogP contribution is -2.39. The summed E-state index contributed by atoms with van der Waals surface area (Å²) in [5, 5.41) is 22.4. The van der Waals surface area contributed by atoms with Gasteiger partial charge in [0.25, 0.3) is 0 Å². The SMILES string of the molecule is N=N/C(=C\NCCCO)CNc1nc(NC2CCN(Cc3ccccc3)CC2)cc(N2CCOCC2)n1. The van der Waals surface area contributed by atoms with Crippen LogP contribution in [-0.2, 0) is 11.3 Å². The number of aliphatic hydroxyl groups excluding tert-OH is 1. The third-order valence-electron chi connectivity index (χ3n) is 6.56. The molecule has 0 amide bonds. The Balaban J connectivity index is 1.38. The molecule has 0 atom stereocenters. The molecule has 3 heterocycles. The van der Waals surface area contributed by atoms with Gasteiger partial charge in [-0.3, -0.25) is 4.90 Å². The van der Waals surface area contributed by atoms with E-state index in [0.717, 1.165) is 57.2 Å². The second kappa shape index (κ2) is 14.5. The Kier molecular flexibility index (Phi) is 10.5. The Labute approximate surface area is 218 Å². The molecule has 0 aliphatic carbocycles. The predicted molar refractivity (Wildman–Crippen MR) is 145 cm³/mol. The monoisotopic (exact) mass is 509 g/mol. The first-order valence-electron chi connectivity index (χ1n) is 13.1. The summed E-state index contributed by atoms with van der Waals surface area (Å²) in [4.78, 5) is 14.2. The van der Waals surface area contributed by atoms with E-state index in [4.69, 9.17) is 25.3 Å². The van der Waals surface area contributed by atoms with Gasteiger partial charge in [0.2, 0.25) is 5.95 Å². The van der Waals surface area contributed by atoms with Crippen LogP contribution in [0.15, 0.2) is 53.4 Å². The average molecular weight is 510 g/mol. The lowest BCUT2D eigenvalue weighted by Gasteiger charge is -2.33. The second-order valence-corrected chi connectivity index (χ2v) is 9.35. The van der Waals surface area contributed by atoms with Gasteiger partial charge in [0, 0.05) is 64.2 Å². The summed E-state index contributed by atoms with van der Waals surface area (Å²) >= 11 is 0. The third-order valence-corrected chi connectivity index (χ3v) is 6.56. The Morgan fingerprint density at radius 3 is 2.65 bits per heavy atom. The molecular formula is C26H39N9O2. The van der Waals surface area contributed by atoms with Crippen LogP contribution in [-0.4, -0.2) is 85.1 Å². The van der Waals surface area contributed by atoms with Crippen LogP contribution >= 0.6 is 0 Å². The molecule has 0 saturated carbocycles. The summed E-state index contributed by atoms with van der Waals surface area (Å²) in [6, 6.07) is 13.0. The molecule has 2 aliphatic heterocycles. The van der Waals surface area contributed by atoms with Crippen molar-refractivity contribution in [1.29, 1.82) is 5.53 Å². The smallest absolute Gasteiger partial charge is 0.226 e. The molecule has 11 heteroatoms. The van der Waals surface area contributed by atoms with Crippen LogP contribution in [0.5, 0.6) is 0 Å². The Hall–Kier alpha value is -3.28. The first kappa shape index (κ1) is 26.8. The third kappa shape index (κ3) is 8.66. The van der Waals surface area contributed by atoms with E-state index >= 15 is 0 Å². The number of nitrogens with one attached hydrogen (secondary N) is 4. The van der Waals surface area contributed by atoms with Crippen LogP contribution in [0.3, 0.4) is 0 Å². The largest absolute Gasteiger partial charge is 0.396 e. The molecule has 37 heavy (non-hydrogen) atoms. The van der Waals surface area contributed by atoms with Crippen molar-refractivity contribution in [2.24, 2.45) is 5.11 Å². The highest BCUT2D eigenvalue weighted by atomic mass is 16.5. The van der Waals surface area contributed by atoms with Gasteiger partial charge in [0.1, 0.15) is 11.6 Å². The number of benzene rings is 1. The highest BCUT2D eigenvalue weighted by molar-refractivity contribution is 5.54. The van der Waals surface area contributed by atoms with Gasteiger partial charge >= 0.3 is 0 Å². The quantitative estimate of drug-likeness (QED) is 0.204. The molecule has 5 N–H and O–H groups in total. The minimum absolute atomic E-state index is 0.121. The lowest BCUT2D eigenvalue weighted by atomic mass is 10.0. The molecular weight excluding hydrogens is 470 g/mol. The van der Waals surface area contributed by atoms with E-state index in [1.165, 1.54) is 5.56 Å². The molecule has 200 valence electrons. The maximum atomic E-state index is 8.92. The molecule has 2 fully saturated rings. The van der Waals surface area contributed by atoms with E-state index in [0.29, 0.717) is 50.4 Å². The molecule has 2 aromatic rings. The Morgan fingerprint density at radius 1 is 1.14 bits per heavy atom. The van der Waals surface area contributed by atoms with E-state index in [1.54, 1.807) is 6.20 Å².